The Balaban J connectivity index is 1.94. The standard InChI is InChI=1S/C50H77N15O10/c1-27(2)40(62-43(70)28(3)24-31-26-59-34-13-9-8-12-33(31)34)45(72)63-41(29(4)66)46(73)60-35(14-10-22-57-49(53)54)44(71)61-36(20-21-39(51)68)48(75)65(6,7)38(15-11-23-58-50(55)56)47(74)64(5)37(42(52)69)25-30-16-18-32(67)19-17-30/h8-9,12-13,16-19,26-29,35-38,40-41,59,66H,10-11,14-15,20-25H2,1-7H3,(H16-,51,52,53,54,55,56,57,58,60,61,62,63,67,68,69,70,71,72,73)/p+1/t28?,29-,35+,36?,37?,38+,40+,41+/m1/s1. The number of guanidine groups is 2. The number of phenolic OH excluding ortho intramolecular Hbond substituents is 1. The molecule has 25 nitrogen and oxygen atoms in total. The molecule has 0 spiro atoms. The lowest BCUT2D eigenvalue weighted by atomic mass is 9.97. The van der Waals surface area contributed by atoms with Gasteiger partial charge in [-0.05, 0) is 74.3 Å². The van der Waals surface area contributed by atoms with Crippen LogP contribution in [0.25, 0.3) is 10.9 Å². The molecule has 0 aliphatic carbocycles. The number of primary amides is 2. The molecule has 8 atom stereocenters. The van der Waals surface area contributed by atoms with Gasteiger partial charge in [0.15, 0.2) is 18.0 Å². The summed E-state index contributed by atoms with van der Waals surface area (Å²) in [5, 5.41) is 32.2. The average molecular weight is 1050 g/mol. The first-order chi connectivity index (χ1) is 35.1. The van der Waals surface area contributed by atoms with Gasteiger partial charge in [-0.3, -0.25) is 48.0 Å². The number of quaternary nitrogens is 1. The van der Waals surface area contributed by atoms with Crippen LogP contribution in [0.3, 0.4) is 0 Å². The highest BCUT2D eigenvalue weighted by molar-refractivity contribution is 5.96. The van der Waals surface area contributed by atoms with Crippen molar-refractivity contribution in [3.05, 3.63) is 65.9 Å². The van der Waals surface area contributed by atoms with Gasteiger partial charge in [0, 0.05) is 62.4 Å². The van der Waals surface area contributed by atoms with Gasteiger partial charge in [0.2, 0.25) is 35.4 Å². The van der Waals surface area contributed by atoms with Crippen molar-refractivity contribution in [1.29, 1.82) is 0 Å². The number of aromatic amines is 1. The maximum Gasteiger partial charge on any atom is 0.336 e. The zero-order valence-corrected chi connectivity index (χ0v) is 43.9. The van der Waals surface area contributed by atoms with E-state index in [4.69, 9.17) is 34.4 Å². The SMILES string of the molecule is CC(Cc1c[nH]c2ccccc12)C(=O)N[C@H](C(=O)N[C@H](C(=O)N[C@@H](CCCN=C(N)N)C(=O)NC(CCC(N)=O)C(=O)[N+](C)(C)[C@@H](CCCN=C(N)N)C(=O)N(C)C(Cc1ccc(O)cc1)C(N)=O)[C@@H](C)O)C(C)C. The third-order valence-corrected chi connectivity index (χ3v) is 12.9. The molecule has 0 aliphatic heterocycles. The predicted molar refractivity (Wildman–Crippen MR) is 282 cm³/mol. The number of nitrogens with zero attached hydrogens (tertiary/aromatic N) is 4. The summed E-state index contributed by atoms with van der Waals surface area (Å²) >= 11 is 0. The van der Waals surface area contributed by atoms with E-state index in [1.54, 1.807) is 32.9 Å². The Kier molecular flexibility index (Phi) is 23.4. The Bertz CT molecular complexity index is 2520. The number of H-pyrrole nitrogens is 1. The number of likely N-dealkylation sites (N-methyl/N-ethyl adjacent to an activating group) is 2. The normalized spacial score (nSPS) is 14.6. The van der Waals surface area contributed by atoms with E-state index in [0.29, 0.717) is 12.0 Å². The molecule has 0 bridgehead atoms. The third-order valence-electron chi connectivity index (χ3n) is 12.9. The summed E-state index contributed by atoms with van der Waals surface area (Å²) in [6.07, 6.45) is -0.127. The van der Waals surface area contributed by atoms with E-state index in [1.165, 1.54) is 40.2 Å². The van der Waals surface area contributed by atoms with Gasteiger partial charge < -0.3 is 75.8 Å². The van der Waals surface area contributed by atoms with Crippen molar-refractivity contribution >= 4 is 70.1 Å². The van der Waals surface area contributed by atoms with Crippen molar-refractivity contribution in [3.63, 3.8) is 0 Å². The third kappa shape index (κ3) is 18.6. The Morgan fingerprint density at radius 2 is 1.25 bits per heavy atom. The number of fused-ring (bicyclic) bond motifs is 1. The molecule has 75 heavy (non-hydrogen) atoms. The van der Waals surface area contributed by atoms with Gasteiger partial charge >= 0.3 is 5.91 Å². The highest BCUT2D eigenvalue weighted by Crippen LogP contribution is 2.24. The van der Waals surface area contributed by atoms with E-state index < -0.39 is 112 Å². The maximum atomic E-state index is 14.9. The second kappa shape index (κ2) is 28.6. The first-order valence-corrected chi connectivity index (χ1v) is 24.7. The zero-order valence-electron chi connectivity index (χ0n) is 43.9. The van der Waals surface area contributed by atoms with Crippen molar-refractivity contribution in [2.75, 3.05) is 34.2 Å². The van der Waals surface area contributed by atoms with E-state index in [-0.39, 0.29) is 69.3 Å². The molecule has 0 radical (unpaired) electrons. The van der Waals surface area contributed by atoms with Crippen LogP contribution in [0.5, 0.6) is 5.75 Å². The second-order valence-electron chi connectivity index (χ2n) is 19.6. The van der Waals surface area contributed by atoms with Crippen LogP contribution in [0.4, 0.5) is 0 Å². The number of carbonyl (C=O) groups excluding carboxylic acids is 8. The van der Waals surface area contributed by atoms with Crippen LogP contribution < -0.4 is 55.7 Å². The van der Waals surface area contributed by atoms with Gasteiger partial charge in [-0.25, -0.2) is 4.79 Å². The van der Waals surface area contributed by atoms with Crippen LogP contribution in [0, 0.1) is 11.8 Å². The van der Waals surface area contributed by atoms with Crippen LogP contribution >= 0.6 is 0 Å². The summed E-state index contributed by atoms with van der Waals surface area (Å²) in [5.74, 6) is -7.89. The van der Waals surface area contributed by atoms with Crippen LogP contribution in [-0.2, 0) is 51.2 Å². The Labute approximate surface area is 436 Å². The monoisotopic (exact) mass is 1050 g/mol. The summed E-state index contributed by atoms with van der Waals surface area (Å²) in [6, 6.07) is 5.21. The number of para-hydroxylation sites is 1. The molecule has 0 saturated heterocycles. The lowest BCUT2D eigenvalue weighted by Gasteiger charge is -2.40. The van der Waals surface area contributed by atoms with Gasteiger partial charge in [0.05, 0.1) is 20.2 Å². The Morgan fingerprint density at radius 1 is 0.693 bits per heavy atom. The molecule has 0 fully saturated rings. The number of aromatic hydroxyl groups is 1. The van der Waals surface area contributed by atoms with E-state index in [9.17, 15) is 48.6 Å². The van der Waals surface area contributed by atoms with E-state index in [2.05, 4.69) is 36.2 Å². The maximum absolute atomic E-state index is 14.9. The first kappa shape index (κ1) is 61.5. The highest BCUT2D eigenvalue weighted by Gasteiger charge is 2.47. The molecule has 1 aromatic heterocycles. The molecule has 2 aromatic carbocycles. The number of benzene rings is 2. The largest absolute Gasteiger partial charge is 0.508 e. The summed E-state index contributed by atoms with van der Waals surface area (Å²) in [4.78, 5) is 123. The minimum atomic E-state index is -1.67. The topological polar surface area (TPSA) is 425 Å². The summed E-state index contributed by atoms with van der Waals surface area (Å²) in [5.41, 5.74) is 35.9. The number of aliphatic hydroxyl groups excluding tert-OH is 1. The lowest BCUT2D eigenvalue weighted by molar-refractivity contribution is -0.832. The molecule has 0 saturated carbocycles. The fourth-order valence-corrected chi connectivity index (χ4v) is 8.49. The number of aromatic nitrogens is 1. The number of nitrogens with two attached hydrogens (primary N) is 6. The first-order valence-electron chi connectivity index (χ1n) is 24.7. The van der Waals surface area contributed by atoms with E-state index in [1.807, 2.05) is 30.5 Å². The highest BCUT2D eigenvalue weighted by atomic mass is 16.3. The van der Waals surface area contributed by atoms with E-state index >= 15 is 0 Å². The summed E-state index contributed by atoms with van der Waals surface area (Å²) in [6.45, 7) is 6.40. The van der Waals surface area contributed by atoms with E-state index in [0.717, 1.165) is 21.4 Å². The fraction of sp³-hybridized carbons (Fsp3) is 0.520. The molecule has 412 valence electrons. The summed E-state index contributed by atoms with van der Waals surface area (Å²) in [7, 11) is 4.16. The Morgan fingerprint density at radius 3 is 1.81 bits per heavy atom. The number of carbonyl (C=O) groups is 8. The van der Waals surface area contributed by atoms with Crippen LogP contribution in [0.2, 0.25) is 0 Å². The van der Waals surface area contributed by atoms with Crippen LogP contribution in [-0.4, -0.2) is 160 Å². The second-order valence-corrected chi connectivity index (χ2v) is 19.6. The molecule has 19 N–H and O–H groups in total. The number of rotatable bonds is 30. The average Bonchev–Trinajstić information content (AvgIpc) is 3.74. The molecule has 3 rings (SSSR count). The van der Waals surface area contributed by atoms with Crippen molar-refractivity contribution in [2.24, 2.45) is 56.2 Å². The number of hydrogen-bond donors (Lipinski definition) is 13. The fourth-order valence-electron chi connectivity index (χ4n) is 8.49. The number of amides is 8. The van der Waals surface area contributed by atoms with Gasteiger partial charge in [-0.15, -0.1) is 0 Å². The number of aliphatic imine (C=N–C) groups is 2. The van der Waals surface area contributed by atoms with Gasteiger partial charge in [-0.1, -0.05) is 51.1 Å². The number of aliphatic hydroxyl groups is 1. The molecule has 0 aliphatic rings. The molecular weight excluding hydrogens is 971 g/mol. The summed E-state index contributed by atoms with van der Waals surface area (Å²) < 4.78 is -0.771. The molecule has 3 aromatic rings. The van der Waals surface area contributed by atoms with Crippen molar-refractivity contribution in [2.45, 2.75) is 121 Å². The number of hydrogen-bond acceptors (Lipinski definition) is 12. The molecule has 8 amide bonds. The smallest absolute Gasteiger partial charge is 0.336 e. The molecular formula is C50H78N15O10+. The Hall–Kier alpha value is -7.80. The quantitative estimate of drug-likeness (QED) is 0.0148. The minimum Gasteiger partial charge on any atom is -0.508 e. The zero-order chi connectivity index (χ0) is 56.3. The number of phenols is 1. The molecule has 3 unspecified atom stereocenters. The van der Waals surface area contributed by atoms with Gasteiger partial charge in [0.1, 0.15) is 36.0 Å². The van der Waals surface area contributed by atoms with Gasteiger partial charge in [-0.2, -0.15) is 0 Å². The molecule has 25 heteroatoms. The van der Waals surface area contributed by atoms with Crippen LogP contribution in [0.15, 0.2) is 64.7 Å². The number of nitrogens with one attached hydrogen (secondary N) is 5. The predicted octanol–water partition coefficient (Wildman–Crippen LogP) is -2.07. The van der Waals surface area contributed by atoms with Crippen molar-refractivity contribution in [1.82, 2.24) is 31.2 Å². The van der Waals surface area contributed by atoms with Crippen molar-refractivity contribution in [3.8, 4) is 5.75 Å². The van der Waals surface area contributed by atoms with Crippen molar-refractivity contribution < 1.29 is 53.1 Å². The van der Waals surface area contributed by atoms with Gasteiger partial charge in [0.25, 0.3) is 5.91 Å². The van der Waals surface area contributed by atoms with Crippen LogP contribution in [0.1, 0.15) is 77.3 Å². The molecule has 1 heterocycles. The minimum absolute atomic E-state index is 0.00277. The lowest BCUT2D eigenvalue weighted by Crippen LogP contribution is -2.66.